The topological polar surface area (TPSA) is 66.1 Å². The Balaban J connectivity index is 1.19. The van der Waals surface area contributed by atoms with E-state index < -0.39 is 11.7 Å². The normalized spacial score (nSPS) is 15.7. The minimum Gasteiger partial charge on any atom is -0.337 e. The van der Waals surface area contributed by atoms with E-state index in [0.717, 1.165) is 47.4 Å². The second kappa shape index (κ2) is 10.4. The van der Waals surface area contributed by atoms with Crippen molar-refractivity contribution in [1.29, 1.82) is 0 Å². The first kappa shape index (κ1) is 27.7. The number of hydrogen-bond donors (Lipinski definition) is 1. The summed E-state index contributed by atoms with van der Waals surface area (Å²) in [5, 5.41) is 0. The van der Waals surface area contributed by atoms with Crippen LogP contribution < -0.4 is 5.56 Å². The molecule has 0 unspecified atom stereocenters. The van der Waals surface area contributed by atoms with Gasteiger partial charge in [0.15, 0.2) is 0 Å². The van der Waals surface area contributed by atoms with Crippen LogP contribution in [0.5, 0.6) is 0 Å². The van der Waals surface area contributed by atoms with Crippen LogP contribution in [0.2, 0.25) is 0 Å². The highest BCUT2D eigenvalue weighted by molar-refractivity contribution is 5.80. The molecule has 214 valence electrons. The molecule has 4 aromatic rings. The van der Waals surface area contributed by atoms with E-state index in [4.69, 9.17) is 4.98 Å². The standard InChI is InChI=1S/C34H30F3N3O2/c1-21(2)23-7-4-10-26(18-23)33(13-14-33)32-38-29-12-15-40(20-28(29)31(42)39-32)30(41)17-22-6-3-8-24(16-22)25-9-5-11-27(19-25)34(35,36)37/h3-11,16,18-19H,1,12-15,17,20H2,2H3,(H,38,39,42). The van der Waals surface area contributed by atoms with Crippen LogP contribution in [0.4, 0.5) is 13.2 Å². The SMILES string of the molecule is C=C(C)c1cccc(C2(c3nc4c(c(=O)[nH]3)CN(C(=O)Cc3cccc(-c5cccc(C(F)(F)F)c5)c3)CC4)CC2)c1. The maximum absolute atomic E-state index is 13.3. The number of H-pyrrole nitrogens is 1. The van der Waals surface area contributed by atoms with Crippen LogP contribution in [0.1, 0.15) is 59.1 Å². The number of rotatable bonds is 6. The molecule has 0 atom stereocenters. The molecule has 8 heteroatoms. The molecular weight excluding hydrogens is 539 g/mol. The number of nitrogens with one attached hydrogen (secondary N) is 1. The first-order valence-electron chi connectivity index (χ1n) is 14.0. The number of aromatic amines is 1. The molecule has 6 rings (SSSR count). The molecule has 1 aliphatic heterocycles. The highest BCUT2D eigenvalue weighted by atomic mass is 19.4. The zero-order valence-electron chi connectivity index (χ0n) is 23.2. The number of aromatic nitrogens is 2. The lowest BCUT2D eigenvalue weighted by Crippen LogP contribution is -2.41. The van der Waals surface area contributed by atoms with Gasteiger partial charge in [-0.1, -0.05) is 72.8 Å². The minimum atomic E-state index is -4.43. The molecule has 0 saturated heterocycles. The van der Waals surface area contributed by atoms with Crippen molar-refractivity contribution in [3.05, 3.63) is 129 Å². The average molecular weight is 570 g/mol. The van der Waals surface area contributed by atoms with Crippen molar-refractivity contribution in [2.45, 2.75) is 50.7 Å². The molecule has 0 bridgehead atoms. The Morgan fingerprint density at radius 3 is 2.45 bits per heavy atom. The molecule has 0 spiro atoms. The molecule has 3 aromatic carbocycles. The third-order valence-corrected chi connectivity index (χ3v) is 8.34. The van der Waals surface area contributed by atoms with Gasteiger partial charge in [-0.25, -0.2) is 4.98 Å². The molecule has 0 radical (unpaired) electrons. The van der Waals surface area contributed by atoms with Crippen molar-refractivity contribution in [3.8, 4) is 11.1 Å². The third-order valence-electron chi connectivity index (χ3n) is 8.34. The first-order valence-corrected chi connectivity index (χ1v) is 14.0. The number of fused-ring (bicyclic) bond motifs is 1. The van der Waals surface area contributed by atoms with Gasteiger partial charge in [-0.2, -0.15) is 13.2 Å². The van der Waals surface area contributed by atoms with E-state index in [1.165, 1.54) is 6.07 Å². The minimum absolute atomic E-state index is 0.0771. The fourth-order valence-corrected chi connectivity index (χ4v) is 5.76. The number of carbonyl (C=O) groups excluding carboxylic acids is 1. The molecule has 5 nitrogen and oxygen atoms in total. The molecular formula is C34H30F3N3O2. The molecule has 1 saturated carbocycles. The van der Waals surface area contributed by atoms with Crippen molar-refractivity contribution in [2.75, 3.05) is 6.54 Å². The molecule has 2 aliphatic rings. The monoisotopic (exact) mass is 569 g/mol. The van der Waals surface area contributed by atoms with Crippen molar-refractivity contribution in [1.82, 2.24) is 14.9 Å². The summed E-state index contributed by atoms with van der Waals surface area (Å²) in [6.45, 7) is 6.62. The Morgan fingerprint density at radius 2 is 1.74 bits per heavy atom. The van der Waals surface area contributed by atoms with E-state index in [2.05, 4.69) is 23.7 Å². The van der Waals surface area contributed by atoms with Gasteiger partial charge in [0.05, 0.1) is 35.2 Å². The number of halogens is 3. The maximum Gasteiger partial charge on any atom is 0.416 e. The molecule has 42 heavy (non-hydrogen) atoms. The van der Waals surface area contributed by atoms with Gasteiger partial charge in [0.25, 0.3) is 5.56 Å². The second-order valence-corrected chi connectivity index (χ2v) is 11.3. The van der Waals surface area contributed by atoms with E-state index >= 15 is 0 Å². The van der Waals surface area contributed by atoms with E-state index in [1.54, 1.807) is 35.2 Å². The highest BCUT2D eigenvalue weighted by Crippen LogP contribution is 2.52. The van der Waals surface area contributed by atoms with Crippen LogP contribution >= 0.6 is 0 Å². The second-order valence-electron chi connectivity index (χ2n) is 11.3. The van der Waals surface area contributed by atoms with Crippen LogP contribution in [0.25, 0.3) is 16.7 Å². The van der Waals surface area contributed by atoms with Crippen LogP contribution in [0.3, 0.4) is 0 Å². The van der Waals surface area contributed by atoms with Gasteiger partial charge in [0, 0.05) is 13.0 Å². The van der Waals surface area contributed by atoms with Crippen molar-refractivity contribution in [2.24, 2.45) is 0 Å². The summed E-state index contributed by atoms with van der Waals surface area (Å²) in [7, 11) is 0. The molecule has 1 fully saturated rings. The largest absolute Gasteiger partial charge is 0.416 e. The Hall–Kier alpha value is -4.46. The Kier molecular flexibility index (Phi) is 6.87. The zero-order chi connectivity index (χ0) is 29.6. The van der Waals surface area contributed by atoms with Gasteiger partial charge < -0.3 is 9.88 Å². The number of amides is 1. The summed E-state index contributed by atoms with van der Waals surface area (Å²) < 4.78 is 39.6. The fraction of sp³-hybridized carbons (Fsp3) is 0.265. The lowest BCUT2D eigenvalue weighted by Gasteiger charge is -2.29. The summed E-state index contributed by atoms with van der Waals surface area (Å²) >= 11 is 0. The highest BCUT2D eigenvalue weighted by Gasteiger charge is 2.49. The maximum atomic E-state index is 13.3. The number of alkyl halides is 3. The molecule has 1 aromatic heterocycles. The van der Waals surface area contributed by atoms with E-state index in [1.807, 2.05) is 19.1 Å². The molecule has 1 N–H and O–H groups in total. The number of benzene rings is 3. The van der Waals surface area contributed by atoms with Crippen LogP contribution in [-0.2, 0) is 35.8 Å². The van der Waals surface area contributed by atoms with Gasteiger partial charge in [-0.15, -0.1) is 0 Å². The Morgan fingerprint density at radius 1 is 1.02 bits per heavy atom. The summed E-state index contributed by atoms with van der Waals surface area (Å²) in [5.41, 5.74) is 4.86. The van der Waals surface area contributed by atoms with E-state index in [-0.39, 0.29) is 29.8 Å². The van der Waals surface area contributed by atoms with Gasteiger partial charge in [0.1, 0.15) is 5.82 Å². The predicted molar refractivity (Wildman–Crippen MR) is 156 cm³/mol. The number of allylic oxidation sites excluding steroid dienone is 1. The summed E-state index contributed by atoms with van der Waals surface area (Å²) in [5.74, 6) is 0.525. The van der Waals surface area contributed by atoms with Crippen LogP contribution in [0, 0.1) is 0 Å². The lowest BCUT2D eigenvalue weighted by atomic mass is 9.91. The molecule has 2 heterocycles. The van der Waals surface area contributed by atoms with Gasteiger partial charge in [-0.3, -0.25) is 9.59 Å². The van der Waals surface area contributed by atoms with Gasteiger partial charge in [-0.05, 0) is 59.7 Å². The predicted octanol–water partition coefficient (Wildman–Crippen LogP) is 6.70. The first-order chi connectivity index (χ1) is 20.0. The fourth-order valence-electron chi connectivity index (χ4n) is 5.76. The number of nitrogens with zero attached hydrogens (tertiary/aromatic N) is 2. The average Bonchev–Trinajstić information content (AvgIpc) is 3.79. The zero-order valence-corrected chi connectivity index (χ0v) is 23.2. The number of carbonyl (C=O) groups is 1. The van der Waals surface area contributed by atoms with Crippen molar-refractivity contribution < 1.29 is 18.0 Å². The Labute approximate surface area is 241 Å². The van der Waals surface area contributed by atoms with Crippen LogP contribution in [-0.4, -0.2) is 27.3 Å². The van der Waals surface area contributed by atoms with Crippen molar-refractivity contribution >= 4 is 11.5 Å². The third kappa shape index (κ3) is 5.29. The summed E-state index contributed by atoms with van der Waals surface area (Å²) in [6.07, 6.45) is -2.08. The quantitative estimate of drug-likeness (QED) is 0.281. The Bertz CT molecular complexity index is 1770. The van der Waals surface area contributed by atoms with Crippen molar-refractivity contribution in [3.63, 3.8) is 0 Å². The number of hydrogen-bond acceptors (Lipinski definition) is 3. The van der Waals surface area contributed by atoms with Gasteiger partial charge in [0.2, 0.25) is 5.91 Å². The smallest absolute Gasteiger partial charge is 0.337 e. The summed E-state index contributed by atoms with van der Waals surface area (Å²) in [4.78, 5) is 36.1. The molecule has 1 aliphatic carbocycles. The van der Waals surface area contributed by atoms with Crippen LogP contribution in [0.15, 0.2) is 84.2 Å². The molecule has 1 amide bonds. The van der Waals surface area contributed by atoms with Gasteiger partial charge >= 0.3 is 6.18 Å². The van der Waals surface area contributed by atoms with E-state index in [9.17, 15) is 22.8 Å². The summed E-state index contributed by atoms with van der Waals surface area (Å²) in [6, 6.07) is 20.4. The van der Waals surface area contributed by atoms with E-state index in [0.29, 0.717) is 41.0 Å². The lowest BCUT2D eigenvalue weighted by molar-refractivity contribution is -0.137.